The van der Waals surface area contributed by atoms with E-state index >= 15 is 0 Å². The fourth-order valence-corrected chi connectivity index (χ4v) is 0. The van der Waals surface area contributed by atoms with Crippen LogP contribution in [0.1, 0.15) is 6.92 Å². The predicted octanol–water partition coefficient (Wildman–Crippen LogP) is -1.37. The Bertz CT molecular complexity index is 120. The van der Waals surface area contributed by atoms with E-state index in [0.717, 1.165) is 6.92 Å². The minimum atomic E-state index is -1.20. The zero-order valence-electron chi connectivity index (χ0n) is 4.79. The first-order valence-corrected chi connectivity index (χ1v) is 1.93. The van der Waals surface area contributed by atoms with E-state index in [1.54, 1.807) is 0 Å². The van der Waals surface area contributed by atoms with Gasteiger partial charge >= 0.3 is 5.97 Å². The smallest absolute Gasteiger partial charge is 0.346 e. The number of carbonyl (C=O) groups is 2. The van der Waals surface area contributed by atoms with Gasteiger partial charge in [-0.3, -0.25) is 4.79 Å². The average molecular weight is 163 g/mol. The van der Waals surface area contributed by atoms with Crippen LogP contribution in [0.2, 0.25) is 0 Å². The molecular weight excluding hydrogens is 153 g/mol. The Morgan fingerprint density at radius 1 is 1.40 bits per heavy atom. The highest BCUT2D eigenvalue weighted by Gasteiger charge is 1.76. The molecule has 0 saturated heterocycles. The Morgan fingerprint density at radius 2 is 1.50 bits per heavy atom. The first-order chi connectivity index (χ1) is 4.00. The van der Waals surface area contributed by atoms with Gasteiger partial charge in [-0.05, 0) is 0 Å². The number of rotatable bonds is 1. The summed E-state index contributed by atoms with van der Waals surface area (Å²) in [5.74, 6) is -2.04. The summed E-state index contributed by atoms with van der Waals surface area (Å²) >= 11 is 0. The normalized spacial score (nSPS) is 5.70. The van der Waals surface area contributed by atoms with Gasteiger partial charge in [-0.15, -0.1) is 0 Å². The van der Waals surface area contributed by atoms with Crippen molar-refractivity contribution in [2.75, 3.05) is 0 Å². The van der Waals surface area contributed by atoms with Gasteiger partial charge in [0.1, 0.15) is 6.21 Å². The standard InChI is InChI=1S/C2H3NO2.C2H4O2.Al.3H/c3-1-2(4)5;1-2(3)4;;;;/h1,3H,(H,4,5);1H3,(H,3,4);;;;. The molecule has 5 nitrogen and oxygen atoms in total. The topological polar surface area (TPSA) is 98.5 Å². The molecule has 3 N–H and O–H groups in total. The minimum absolute atomic E-state index is 0. The van der Waals surface area contributed by atoms with E-state index in [0.29, 0.717) is 6.21 Å². The zero-order valence-corrected chi connectivity index (χ0v) is 4.79. The SMILES string of the molecule is CC(=O)O.N=CC(=O)O.[AlH3]. The quantitative estimate of drug-likeness (QED) is 0.328. The molecule has 0 heterocycles. The summed E-state index contributed by atoms with van der Waals surface area (Å²) in [6.45, 7) is 1.08. The van der Waals surface area contributed by atoms with Gasteiger partial charge in [-0.25, -0.2) is 4.79 Å². The molecule has 0 bridgehead atoms. The monoisotopic (exact) mass is 163 g/mol. The molecule has 0 unspecified atom stereocenters. The van der Waals surface area contributed by atoms with Crippen LogP contribution >= 0.6 is 0 Å². The Hall–Kier alpha value is -0.858. The molecule has 0 aliphatic rings. The van der Waals surface area contributed by atoms with E-state index < -0.39 is 11.9 Å². The Labute approximate surface area is 68.3 Å². The highest BCUT2D eigenvalue weighted by molar-refractivity contribution is 6.20. The maximum Gasteiger partial charge on any atom is 0.346 e. The van der Waals surface area contributed by atoms with Gasteiger partial charge < -0.3 is 15.6 Å². The van der Waals surface area contributed by atoms with E-state index in [9.17, 15) is 0 Å². The van der Waals surface area contributed by atoms with Crippen LogP contribution in [0.3, 0.4) is 0 Å². The lowest BCUT2D eigenvalue weighted by Gasteiger charge is -1.63. The molecule has 0 aliphatic carbocycles. The van der Waals surface area contributed by atoms with Gasteiger partial charge in [0.05, 0.1) is 0 Å². The van der Waals surface area contributed by atoms with Crippen LogP contribution in [0.5, 0.6) is 0 Å². The largest absolute Gasteiger partial charge is 0.481 e. The first-order valence-electron chi connectivity index (χ1n) is 1.93. The third kappa shape index (κ3) is 206. The van der Waals surface area contributed by atoms with Gasteiger partial charge in [0.15, 0.2) is 17.4 Å². The molecule has 0 aromatic carbocycles. The maximum atomic E-state index is 9.12. The third-order valence-corrected chi connectivity index (χ3v) is 0.123. The van der Waals surface area contributed by atoms with Crippen LogP contribution in [0.4, 0.5) is 0 Å². The molecule has 0 aliphatic heterocycles. The molecule has 0 spiro atoms. The lowest BCUT2D eigenvalue weighted by Crippen LogP contribution is -1.91. The second-order valence-corrected chi connectivity index (χ2v) is 1.00. The van der Waals surface area contributed by atoms with Crippen molar-refractivity contribution in [2.45, 2.75) is 6.92 Å². The second kappa shape index (κ2) is 11.0. The lowest BCUT2D eigenvalue weighted by atomic mass is 10.8. The van der Waals surface area contributed by atoms with Crippen LogP contribution in [0.25, 0.3) is 0 Å². The molecule has 58 valence electrons. The molecule has 0 aromatic rings. The summed E-state index contributed by atoms with van der Waals surface area (Å²) in [4.78, 5) is 18.1. The summed E-state index contributed by atoms with van der Waals surface area (Å²) in [5.41, 5.74) is 0. The minimum Gasteiger partial charge on any atom is -0.481 e. The summed E-state index contributed by atoms with van der Waals surface area (Å²) in [5, 5.41) is 20.8. The van der Waals surface area contributed by atoms with Crippen LogP contribution in [-0.4, -0.2) is 45.7 Å². The van der Waals surface area contributed by atoms with Gasteiger partial charge in [-0.1, -0.05) is 0 Å². The van der Waals surface area contributed by atoms with Crippen molar-refractivity contribution in [1.29, 1.82) is 5.41 Å². The number of hydrogen-bond acceptors (Lipinski definition) is 3. The predicted molar refractivity (Wildman–Crippen MR) is 39.7 cm³/mol. The second-order valence-electron chi connectivity index (χ2n) is 1.00. The third-order valence-electron chi connectivity index (χ3n) is 0.123. The van der Waals surface area contributed by atoms with Crippen LogP contribution in [-0.2, 0) is 9.59 Å². The molecule has 0 rings (SSSR count). The Kier molecular flexibility index (Phi) is 17.7. The number of carboxylic acids is 2. The molecule has 0 fully saturated rings. The average Bonchev–Trinajstić information content (AvgIpc) is 1.65. The highest BCUT2D eigenvalue weighted by atomic mass is 27.0. The van der Waals surface area contributed by atoms with Crippen LogP contribution in [0, 0.1) is 5.41 Å². The summed E-state index contributed by atoms with van der Waals surface area (Å²) in [6.07, 6.45) is 0.333. The molecule has 10 heavy (non-hydrogen) atoms. The van der Waals surface area contributed by atoms with E-state index in [1.807, 2.05) is 0 Å². The van der Waals surface area contributed by atoms with Gasteiger partial charge in [-0.2, -0.15) is 0 Å². The Balaban J connectivity index is -0.0000000910. The molecule has 0 saturated carbocycles. The fourth-order valence-electron chi connectivity index (χ4n) is 0. The highest BCUT2D eigenvalue weighted by Crippen LogP contribution is 1.42. The molecule has 0 radical (unpaired) electrons. The fraction of sp³-hybridized carbons (Fsp3) is 0.250. The van der Waals surface area contributed by atoms with Crippen molar-refractivity contribution in [2.24, 2.45) is 0 Å². The molecule has 6 heteroatoms. The lowest BCUT2D eigenvalue weighted by molar-refractivity contribution is -0.134. The number of aliphatic carboxylic acids is 2. The number of carboxylic acid groups (broad SMARTS) is 2. The van der Waals surface area contributed by atoms with Crippen LogP contribution < -0.4 is 0 Å². The van der Waals surface area contributed by atoms with E-state index in [1.165, 1.54) is 0 Å². The van der Waals surface area contributed by atoms with E-state index in [2.05, 4.69) is 0 Å². The molecule has 0 amide bonds. The number of nitrogens with one attached hydrogen (secondary N) is 1. The Morgan fingerprint density at radius 3 is 1.50 bits per heavy atom. The van der Waals surface area contributed by atoms with Crippen molar-refractivity contribution in [3.05, 3.63) is 0 Å². The molecule has 0 atom stereocenters. The summed E-state index contributed by atoms with van der Waals surface area (Å²) < 4.78 is 0. The van der Waals surface area contributed by atoms with Crippen LogP contribution in [0.15, 0.2) is 0 Å². The molecule has 0 aromatic heterocycles. The van der Waals surface area contributed by atoms with Crippen molar-refractivity contribution in [1.82, 2.24) is 0 Å². The summed E-state index contributed by atoms with van der Waals surface area (Å²) in [7, 11) is 0. The van der Waals surface area contributed by atoms with Crippen molar-refractivity contribution in [3.8, 4) is 0 Å². The molecular formula is C4H10AlNO4. The van der Waals surface area contributed by atoms with Crippen molar-refractivity contribution < 1.29 is 19.8 Å². The van der Waals surface area contributed by atoms with Crippen molar-refractivity contribution >= 4 is 35.5 Å². The maximum absolute atomic E-state index is 9.12. The zero-order chi connectivity index (χ0) is 7.86. The summed E-state index contributed by atoms with van der Waals surface area (Å²) in [6, 6.07) is 0. The van der Waals surface area contributed by atoms with E-state index in [4.69, 9.17) is 25.2 Å². The van der Waals surface area contributed by atoms with Gasteiger partial charge in [0, 0.05) is 6.92 Å². The van der Waals surface area contributed by atoms with E-state index in [-0.39, 0.29) is 17.4 Å². The number of hydrogen-bond donors (Lipinski definition) is 3. The first kappa shape index (κ1) is 16.1. The van der Waals surface area contributed by atoms with Gasteiger partial charge in [0.25, 0.3) is 5.97 Å². The van der Waals surface area contributed by atoms with Crippen molar-refractivity contribution in [3.63, 3.8) is 0 Å². The van der Waals surface area contributed by atoms with Gasteiger partial charge in [0.2, 0.25) is 0 Å².